The van der Waals surface area contributed by atoms with Crippen LogP contribution in [0.1, 0.15) is 25.3 Å². The predicted octanol–water partition coefficient (Wildman–Crippen LogP) is 5.31. The fourth-order valence-corrected chi connectivity index (χ4v) is 3.27. The Morgan fingerprint density at radius 1 is 1.11 bits per heavy atom. The van der Waals surface area contributed by atoms with Gasteiger partial charge in [0, 0.05) is 10.9 Å². The fraction of sp³-hybridized carbons (Fsp3) is 0.273. The van der Waals surface area contributed by atoms with Crippen LogP contribution in [0.25, 0.3) is 11.3 Å². The summed E-state index contributed by atoms with van der Waals surface area (Å²) < 4.78 is 11.2. The molecule has 5 nitrogen and oxygen atoms in total. The highest BCUT2D eigenvalue weighted by molar-refractivity contribution is 7.14. The number of rotatable bonds is 9. The van der Waals surface area contributed by atoms with Gasteiger partial charge in [-0.25, -0.2) is 4.98 Å². The number of anilines is 1. The molecule has 0 aliphatic carbocycles. The monoisotopic (exact) mass is 396 g/mol. The molecule has 0 aliphatic heterocycles. The van der Waals surface area contributed by atoms with E-state index in [4.69, 9.17) is 9.47 Å². The van der Waals surface area contributed by atoms with E-state index in [9.17, 15) is 4.79 Å². The summed E-state index contributed by atoms with van der Waals surface area (Å²) in [6.45, 7) is 4.79. The number of carbonyl (C=O) groups is 1. The zero-order valence-corrected chi connectivity index (χ0v) is 16.9. The largest absolute Gasteiger partial charge is 0.494 e. The Labute approximate surface area is 169 Å². The SMILES string of the molecule is CCCCOc1ccc(-c2csc(NC(=O)COc3cccc(C)c3)n2)cc1. The summed E-state index contributed by atoms with van der Waals surface area (Å²) in [7, 11) is 0. The number of nitrogens with zero attached hydrogens (tertiary/aromatic N) is 1. The van der Waals surface area contributed by atoms with Crippen LogP contribution in [0.2, 0.25) is 0 Å². The van der Waals surface area contributed by atoms with Crippen LogP contribution in [0.4, 0.5) is 5.13 Å². The van der Waals surface area contributed by atoms with Gasteiger partial charge in [0.15, 0.2) is 11.7 Å². The van der Waals surface area contributed by atoms with Crippen molar-refractivity contribution >= 4 is 22.4 Å². The molecule has 0 unspecified atom stereocenters. The second-order valence-electron chi connectivity index (χ2n) is 6.42. The molecule has 6 heteroatoms. The molecule has 0 fully saturated rings. The van der Waals surface area contributed by atoms with E-state index in [0.29, 0.717) is 10.9 Å². The van der Waals surface area contributed by atoms with E-state index in [2.05, 4.69) is 17.2 Å². The summed E-state index contributed by atoms with van der Waals surface area (Å²) in [4.78, 5) is 16.6. The number of unbranched alkanes of at least 4 members (excludes halogenated alkanes) is 1. The number of aryl methyl sites for hydroxylation is 1. The number of carbonyl (C=O) groups excluding carboxylic acids is 1. The van der Waals surface area contributed by atoms with Crippen LogP contribution < -0.4 is 14.8 Å². The molecule has 146 valence electrons. The number of ether oxygens (including phenoxy) is 2. The normalized spacial score (nSPS) is 10.5. The Morgan fingerprint density at radius 3 is 2.68 bits per heavy atom. The summed E-state index contributed by atoms with van der Waals surface area (Å²) >= 11 is 1.39. The molecule has 0 atom stereocenters. The van der Waals surface area contributed by atoms with E-state index in [1.807, 2.05) is 60.8 Å². The van der Waals surface area contributed by atoms with Gasteiger partial charge in [-0.05, 0) is 55.3 Å². The minimum Gasteiger partial charge on any atom is -0.494 e. The van der Waals surface area contributed by atoms with Gasteiger partial charge >= 0.3 is 0 Å². The average molecular weight is 397 g/mol. The number of hydrogen-bond donors (Lipinski definition) is 1. The van der Waals surface area contributed by atoms with Gasteiger partial charge in [-0.2, -0.15) is 0 Å². The molecule has 1 heterocycles. The Morgan fingerprint density at radius 2 is 1.93 bits per heavy atom. The first-order valence-electron chi connectivity index (χ1n) is 9.32. The zero-order chi connectivity index (χ0) is 19.8. The molecule has 1 N–H and O–H groups in total. The van der Waals surface area contributed by atoms with E-state index in [1.165, 1.54) is 11.3 Å². The van der Waals surface area contributed by atoms with E-state index in [1.54, 1.807) is 0 Å². The summed E-state index contributed by atoms with van der Waals surface area (Å²) in [5.41, 5.74) is 2.89. The quantitative estimate of drug-likeness (QED) is 0.498. The summed E-state index contributed by atoms with van der Waals surface area (Å²) in [5, 5.41) is 5.25. The van der Waals surface area contributed by atoms with Gasteiger partial charge in [-0.1, -0.05) is 25.5 Å². The fourth-order valence-electron chi connectivity index (χ4n) is 2.53. The summed E-state index contributed by atoms with van der Waals surface area (Å²) in [6.07, 6.45) is 2.16. The Bertz CT molecular complexity index is 906. The number of thiazole rings is 1. The van der Waals surface area contributed by atoms with Crippen LogP contribution in [0.15, 0.2) is 53.9 Å². The highest BCUT2D eigenvalue weighted by Gasteiger charge is 2.09. The average Bonchev–Trinajstić information content (AvgIpc) is 3.16. The van der Waals surface area contributed by atoms with Crippen LogP contribution >= 0.6 is 11.3 Å². The minimum absolute atomic E-state index is 0.0534. The van der Waals surface area contributed by atoms with E-state index in [-0.39, 0.29) is 12.5 Å². The van der Waals surface area contributed by atoms with Gasteiger partial charge in [-0.3, -0.25) is 10.1 Å². The highest BCUT2D eigenvalue weighted by atomic mass is 32.1. The maximum Gasteiger partial charge on any atom is 0.264 e. The summed E-state index contributed by atoms with van der Waals surface area (Å²) in [5.74, 6) is 1.30. The highest BCUT2D eigenvalue weighted by Crippen LogP contribution is 2.26. The van der Waals surface area contributed by atoms with E-state index >= 15 is 0 Å². The van der Waals surface area contributed by atoms with Crippen LogP contribution in [0.3, 0.4) is 0 Å². The van der Waals surface area contributed by atoms with Gasteiger partial charge in [0.2, 0.25) is 0 Å². The molecular weight excluding hydrogens is 372 g/mol. The lowest BCUT2D eigenvalue weighted by atomic mass is 10.2. The molecule has 1 aromatic heterocycles. The second kappa shape index (κ2) is 9.90. The number of benzene rings is 2. The van der Waals surface area contributed by atoms with Gasteiger partial charge in [-0.15, -0.1) is 11.3 Å². The van der Waals surface area contributed by atoms with Crippen molar-refractivity contribution in [2.45, 2.75) is 26.7 Å². The van der Waals surface area contributed by atoms with E-state index < -0.39 is 0 Å². The molecule has 2 aromatic carbocycles. The van der Waals surface area contributed by atoms with Crippen molar-refractivity contribution in [1.82, 2.24) is 4.98 Å². The third-order valence-corrected chi connectivity index (χ3v) is 4.78. The Balaban J connectivity index is 1.52. The lowest BCUT2D eigenvalue weighted by Gasteiger charge is -2.06. The third kappa shape index (κ3) is 5.82. The minimum atomic E-state index is -0.234. The maximum absolute atomic E-state index is 12.1. The van der Waals surface area contributed by atoms with Gasteiger partial charge in [0.1, 0.15) is 11.5 Å². The van der Waals surface area contributed by atoms with Crippen LogP contribution in [0, 0.1) is 6.92 Å². The topological polar surface area (TPSA) is 60.5 Å². The first-order valence-corrected chi connectivity index (χ1v) is 10.2. The summed E-state index contributed by atoms with van der Waals surface area (Å²) in [6, 6.07) is 15.4. The maximum atomic E-state index is 12.1. The Kier molecular flexibility index (Phi) is 7.03. The first-order chi connectivity index (χ1) is 13.6. The molecular formula is C22H24N2O3S. The van der Waals surface area contributed by atoms with Crippen molar-refractivity contribution in [2.24, 2.45) is 0 Å². The Hall–Kier alpha value is -2.86. The lowest BCUT2D eigenvalue weighted by molar-refractivity contribution is -0.118. The predicted molar refractivity (Wildman–Crippen MR) is 113 cm³/mol. The van der Waals surface area contributed by atoms with Crippen molar-refractivity contribution in [1.29, 1.82) is 0 Å². The van der Waals surface area contributed by atoms with Crippen molar-refractivity contribution in [3.8, 4) is 22.8 Å². The van der Waals surface area contributed by atoms with Gasteiger partial charge < -0.3 is 9.47 Å². The second-order valence-corrected chi connectivity index (χ2v) is 7.28. The lowest BCUT2D eigenvalue weighted by Crippen LogP contribution is -2.20. The molecule has 0 spiro atoms. The first kappa shape index (κ1) is 19.9. The molecule has 0 saturated heterocycles. The molecule has 3 aromatic rings. The van der Waals surface area contributed by atoms with Crippen LogP contribution in [-0.2, 0) is 4.79 Å². The third-order valence-electron chi connectivity index (χ3n) is 4.03. The van der Waals surface area contributed by atoms with E-state index in [0.717, 1.165) is 42.0 Å². The number of hydrogen-bond acceptors (Lipinski definition) is 5. The molecule has 0 bridgehead atoms. The van der Waals surface area contributed by atoms with Crippen LogP contribution in [-0.4, -0.2) is 24.1 Å². The molecule has 1 amide bonds. The number of amides is 1. The van der Waals surface area contributed by atoms with Crippen molar-refractivity contribution in [2.75, 3.05) is 18.5 Å². The number of aromatic nitrogens is 1. The van der Waals surface area contributed by atoms with Crippen molar-refractivity contribution in [3.63, 3.8) is 0 Å². The molecule has 0 saturated carbocycles. The molecule has 0 aliphatic rings. The zero-order valence-electron chi connectivity index (χ0n) is 16.1. The molecule has 28 heavy (non-hydrogen) atoms. The van der Waals surface area contributed by atoms with Crippen molar-refractivity contribution in [3.05, 3.63) is 59.5 Å². The smallest absolute Gasteiger partial charge is 0.264 e. The molecule has 3 rings (SSSR count). The van der Waals surface area contributed by atoms with Gasteiger partial charge in [0.05, 0.1) is 12.3 Å². The standard InChI is InChI=1S/C22H24N2O3S/c1-3-4-12-26-18-10-8-17(9-11-18)20-15-28-22(23-20)24-21(25)14-27-19-7-5-6-16(2)13-19/h5-11,13,15H,3-4,12,14H2,1-2H3,(H,23,24,25). The van der Waals surface area contributed by atoms with Crippen molar-refractivity contribution < 1.29 is 14.3 Å². The number of nitrogens with one attached hydrogen (secondary N) is 1. The van der Waals surface area contributed by atoms with Crippen LogP contribution in [0.5, 0.6) is 11.5 Å². The molecule has 0 radical (unpaired) electrons. The van der Waals surface area contributed by atoms with Gasteiger partial charge in [0.25, 0.3) is 5.91 Å².